The van der Waals surface area contributed by atoms with Crippen molar-refractivity contribution in [1.82, 2.24) is 9.80 Å². The summed E-state index contributed by atoms with van der Waals surface area (Å²) in [4.78, 5) is 24.8. The zero-order valence-electron chi connectivity index (χ0n) is 13.9. The van der Waals surface area contributed by atoms with E-state index in [9.17, 15) is 31.9 Å². The van der Waals surface area contributed by atoms with Gasteiger partial charge < -0.3 is 5.11 Å². The second kappa shape index (κ2) is 6.77. The maximum atomic E-state index is 13.9. The number of nitriles is 1. The molecule has 0 spiro atoms. The molecule has 0 unspecified atom stereocenters. The third kappa shape index (κ3) is 3.44. The Kier molecular flexibility index (Phi) is 4.77. The van der Waals surface area contributed by atoms with E-state index in [2.05, 4.69) is 0 Å². The fourth-order valence-electron chi connectivity index (χ4n) is 3.16. The SMILES string of the molecule is N#CN(C(=O)[C@@H]1C[C@@H](S(=O)(=O)c2ccc(F)cc2F)CN1C(=O)O)C1CC1. The zero-order valence-corrected chi connectivity index (χ0v) is 14.7. The lowest BCUT2D eigenvalue weighted by atomic mass is 10.2. The van der Waals surface area contributed by atoms with Crippen LogP contribution in [0.15, 0.2) is 23.1 Å². The molecule has 1 N–H and O–H groups in total. The normalized spacial score (nSPS) is 22.3. The number of carbonyl (C=O) groups is 2. The molecule has 2 aliphatic rings. The van der Waals surface area contributed by atoms with E-state index in [0.717, 1.165) is 17.0 Å². The second-order valence-corrected chi connectivity index (χ2v) is 8.66. The number of nitrogens with zero attached hydrogens (tertiary/aromatic N) is 3. The summed E-state index contributed by atoms with van der Waals surface area (Å²) in [6.45, 7) is -0.547. The molecule has 1 heterocycles. The van der Waals surface area contributed by atoms with Gasteiger partial charge in [-0.25, -0.2) is 26.9 Å². The van der Waals surface area contributed by atoms with Crippen molar-refractivity contribution in [2.45, 2.75) is 41.5 Å². The van der Waals surface area contributed by atoms with E-state index in [1.54, 1.807) is 6.19 Å². The molecule has 1 aromatic carbocycles. The minimum absolute atomic E-state index is 0.302. The molecule has 1 saturated carbocycles. The first-order chi connectivity index (χ1) is 12.7. The largest absolute Gasteiger partial charge is 0.465 e. The standard InChI is InChI=1S/C16H15F2N3O5S/c17-9-1-4-14(12(18)5-9)27(25,26)11-6-13(20(7-11)16(23)24)15(22)21(8-19)10-2-3-10/h1,4-5,10-11,13H,2-3,6-7H2,(H,23,24)/t11-,13+/m1/s1. The van der Waals surface area contributed by atoms with Crippen molar-refractivity contribution in [2.24, 2.45) is 0 Å². The van der Waals surface area contributed by atoms with Crippen molar-refractivity contribution in [3.8, 4) is 6.19 Å². The van der Waals surface area contributed by atoms with Gasteiger partial charge in [0, 0.05) is 18.7 Å². The highest BCUT2D eigenvalue weighted by atomic mass is 32.2. The highest BCUT2D eigenvalue weighted by Crippen LogP contribution is 2.33. The fraction of sp³-hybridized carbons (Fsp3) is 0.438. The van der Waals surface area contributed by atoms with E-state index in [4.69, 9.17) is 5.26 Å². The number of hydrogen-bond donors (Lipinski definition) is 1. The Bertz CT molecular complexity index is 942. The molecule has 8 nitrogen and oxygen atoms in total. The van der Waals surface area contributed by atoms with Crippen molar-refractivity contribution in [1.29, 1.82) is 5.26 Å². The van der Waals surface area contributed by atoms with Crippen LogP contribution in [-0.4, -0.2) is 59.2 Å². The summed E-state index contributed by atoms with van der Waals surface area (Å²) < 4.78 is 52.4. The number of amides is 2. The number of carbonyl (C=O) groups excluding carboxylic acids is 1. The zero-order chi connectivity index (χ0) is 19.9. The maximum Gasteiger partial charge on any atom is 0.408 e. The van der Waals surface area contributed by atoms with Crippen LogP contribution < -0.4 is 0 Å². The van der Waals surface area contributed by atoms with Crippen LogP contribution in [0.4, 0.5) is 13.6 Å². The molecule has 27 heavy (non-hydrogen) atoms. The summed E-state index contributed by atoms with van der Waals surface area (Å²) >= 11 is 0. The molecule has 144 valence electrons. The van der Waals surface area contributed by atoms with Gasteiger partial charge in [0.1, 0.15) is 22.6 Å². The first kappa shape index (κ1) is 19.0. The Morgan fingerprint density at radius 3 is 2.48 bits per heavy atom. The number of hydrogen-bond acceptors (Lipinski definition) is 5. The summed E-state index contributed by atoms with van der Waals surface area (Å²) in [6, 6.07) is 0.317. The monoisotopic (exact) mass is 399 g/mol. The van der Waals surface area contributed by atoms with Gasteiger partial charge >= 0.3 is 6.09 Å². The van der Waals surface area contributed by atoms with Gasteiger partial charge in [-0.2, -0.15) is 5.26 Å². The minimum Gasteiger partial charge on any atom is -0.465 e. The Labute approximate surface area is 153 Å². The topological polar surface area (TPSA) is 119 Å². The average molecular weight is 399 g/mol. The Balaban J connectivity index is 1.91. The minimum atomic E-state index is -4.36. The highest BCUT2D eigenvalue weighted by Gasteiger charge is 2.49. The molecule has 0 bridgehead atoms. The van der Waals surface area contributed by atoms with E-state index in [1.807, 2.05) is 0 Å². The number of carboxylic acid groups (broad SMARTS) is 1. The van der Waals surface area contributed by atoms with Crippen LogP contribution >= 0.6 is 0 Å². The lowest BCUT2D eigenvalue weighted by Crippen LogP contribution is -2.46. The van der Waals surface area contributed by atoms with E-state index >= 15 is 0 Å². The van der Waals surface area contributed by atoms with Crippen molar-refractivity contribution < 1.29 is 31.9 Å². The maximum absolute atomic E-state index is 13.9. The molecule has 0 radical (unpaired) electrons. The predicted octanol–water partition coefficient (Wildman–Crippen LogP) is 1.33. The van der Waals surface area contributed by atoms with E-state index in [-0.39, 0.29) is 6.04 Å². The quantitative estimate of drug-likeness (QED) is 0.464. The Hall–Kier alpha value is -2.74. The molecule has 1 aromatic rings. The molecule has 1 aliphatic carbocycles. The van der Waals surface area contributed by atoms with Gasteiger partial charge in [0.25, 0.3) is 5.91 Å². The summed E-state index contributed by atoms with van der Waals surface area (Å²) in [5.41, 5.74) is 0. The van der Waals surface area contributed by atoms with Gasteiger partial charge in [0.15, 0.2) is 16.0 Å². The number of halogens is 2. The number of likely N-dealkylation sites (tertiary alicyclic amines) is 1. The molecule has 2 atom stereocenters. The predicted molar refractivity (Wildman–Crippen MR) is 85.9 cm³/mol. The van der Waals surface area contributed by atoms with Crippen molar-refractivity contribution >= 4 is 21.8 Å². The molecule has 11 heteroatoms. The number of benzene rings is 1. The van der Waals surface area contributed by atoms with Crippen LogP contribution in [-0.2, 0) is 14.6 Å². The first-order valence-corrected chi connectivity index (χ1v) is 9.62. The molecular weight excluding hydrogens is 384 g/mol. The lowest BCUT2D eigenvalue weighted by Gasteiger charge is -2.23. The average Bonchev–Trinajstić information content (AvgIpc) is 3.30. The van der Waals surface area contributed by atoms with Gasteiger partial charge in [-0.3, -0.25) is 9.69 Å². The summed E-state index contributed by atoms with van der Waals surface area (Å²) in [5.74, 6) is -3.03. The van der Waals surface area contributed by atoms with Gasteiger partial charge in [-0.1, -0.05) is 0 Å². The van der Waals surface area contributed by atoms with Gasteiger partial charge in [-0.05, 0) is 31.4 Å². The van der Waals surface area contributed by atoms with E-state index < -0.39 is 62.6 Å². The third-order valence-electron chi connectivity index (χ3n) is 4.69. The van der Waals surface area contributed by atoms with Crippen molar-refractivity contribution in [3.63, 3.8) is 0 Å². The van der Waals surface area contributed by atoms with Crippen molar-refractivity contribution in [3.05, 3.63) is 29.8 Å². The molecule has 3 rings (SSSR count). The summed E-state index contributed by atoms with van der Waals surface area (Å²) in [7, 11) is -4.36. The molecular formula is C16H15F2N3O5S. The molecule has 2 amide bonds. The van der Waals surface area contributed by atoms with Crippen LogP contribution in [0.2, 0.25) is 0 Å². The van der Waals surface area contributed by atoms with Crippen LogP contribution in [0.3, 0.4) is 0 Å². The smallest absolute Gasteiger partial charge is 0.408 e. The van der Waals surface area contributed by atoms with Crippen molar-refractivity contribution in [2.75, 3.05) is 6.54 Å². The fourth-order valence-corrected chi connectivity index (χ4v) is 4.90. The number of sulfone groups is 1. The molecule has 2 fully saturated rings. The third-order valence-corrected chi connectivity index (χ3v) is 6.85. The second-order valence-electron chi connectivity index (χ2n) is 6.47. The first-order valence-electron chi connectivity index (χ1n) is 8.08. The van der Waals surface area contributed by atoms with Gasteiger partial charge in [0.2, 0.25) is 0 Å². The molecule has 1 aliphatic heterocycles. The summed E-state index contributed by atoms with van der Waals surface area (Å²) in [5, 5.41) is 17.1. The van der Waals surface area contributed by atoms with Gasteiger partial charge in [-0.15, -0.1) is 0 Å². The molecule has 1 saturated heterocycles. The van der Waals surface area contributed by atoms with E-state index in [1.165, 1.54) is 0 Å². The van der Waals surface area contributed by atoms with Crippen LogP contribution in [0.5, 0.6) is 0 Å². The van der Waals surface area contributed by atoms with Crippen LogP contribution in [0.25, 0.3) is 0 Å². The lowest BCUT2D eigenvalue weighted by molar-refractivity contribution is -0.132. The summed E-state index contributed by atoms with van der Waals surface area (Å²) in [6.07, 6.45) is 1.02. The van der Waals surface area contributed by atoms with E-state index in [0.29, 0.717) is 23.8 Å². The number of rotatable bonds is 4. The Morgan fingerprint density at radius 1 is 1.30 bits per heavy atom. The van der Waals surface area contributed by atoms with Gasteiger partial charge in [0.05, 0.1) is 5.25 Å². The van der Waals surface area contributed by atoms with Crippen LogP contribution in [0.1, 0.15) is 19.3 Å². The Morgan fingerprint density at radius 2 is 1.96 bits per heavy atom. The highest BCUT2D eigenvalue weighted by molar-refractivity contribution is 7.92. The molecule has 0 aromatic heterocycles. The van der Waals surface area contributed by atoms with Crippen LogP contribution in [0, 0.1) is 23.1 Å².